The second kappa shape index (κ2) is 7.88. The zero-order chi connectivity index (χ0) is 16.9. The van der Waals surface area contributed by atoms with Crippen LogP contribution in [-0.2, 0) is 4.79 Å². The second-order valence-corrected chi connectivity index (χ2v) is 7.36. The minimum absolute atomic E-state index is 0.0908. The van der Waals surface area contributed by atoms with Gasteiger partial charge in [0.1, 0.15) is 11.3 Å². The van der Waals surface area contributed by atoms with Crippen LogP contribution in [0.4, 0.5) is 5.13 Å². The standard InChI is InChI=1S/C17H15ClN2O2S2/c1-2-22-13-4-3-5-14-16(13)20-17(24-14)19-15(21)10-23-12-8-6-11(18)7-9-12/h3-9H,2,10H2,1H3,(H,19,20,21). The largest absolute Gasteiger partial charge is 0.492 e. The van der Waals surface area contributed by atoms with Crippen molar-refractivity contribution in [3.05, 3.63) is 47.5 Å². The molecule has 3 aromatic rings. The summed E-state index contributed by atoms with van der Waals surface area (Å²) >= 11 is 8.75. The summed E-state index contributed by atoms with van der Waals surface area (Å²) in [6.07, 6.45) is 0. The number of thioether (sulfide) groups is 1. The summed E-state index contributed by atoms with van der Waals surface area (Å²) in [5.41, 5.74) is 0.782. The van der Waals surface area contributed by atoms with Crippen molar-refractivity contribution in [2.75, 3.05) is 17.7 Å². The van der Waals surface area contributed by atoms with Crippen molar-refractivity contribution in [1.29, 1.82) is 0 Å². The summed E-state index contributed by atoms with van der Waals surface area (Å²) in [7, 11) is 0. The molecule has 4 nitrogen and oxygen atoms in total. The lowest BCUT2D eigenvalue weighted by Crippen LogP contribution is -2.13. The summed E-state index contributed by atoms with van der Waals surface area (Å²) in [5.74, 6) is 0.963. The Hall–Kier alpha value is -1.76. The number of thiazole rings is 1. The first-order valence-corrected chi connectivity index (χ1v) is 9.54. The van der Waals surface area contributed by atoms with E-state index in [1.54, 1.807) is 0 Å². The number of ether oxygens (including phenoxy) is 1. The Morgan fingerprint density at radius 3 is 2.83 bits per heavy atom. The van der Waals surface area contributed by atoms with Gasteiger partial charge in [-0.3, -0.25) is 4.79 Å². The number of carbonyl (C=O) groups is 1. The third-order valence-electron chi connectivity index (χ3n) is 3.11. The van der Waals surface area contributed by atoms with Gasteiger partial charge in [-0.2, -0.15) is 0 Å². The maximum Gasteiger partial charge on any atom is 0.236 e. The fourth-order valence-corrected chi connectivity index (χ4v) is 3.81. The van der Waals surface area contributed by atoms with Crippen molar-refractivity contribution in [2.24, 2.45) is 0 Å². The van der Waals surface area contributed by atoms with Crippen LogP contribution in [0, 0.1) is 0 Å². The highest BCUT2D eigenvalue weighted by atomic mass is 35.5. The molecule has 0 aliphatic carbocycles. The highest BCUT2D eigenvalue weighted by Gasteiger charge is 2.11. The van der Waals surface area contributed by atoms with Gasteiger partial charge in [-0.25, -0.2) is 4.98 Å². The average molecular weight is 379 g/mol. The Bertz CT molecular complexity index is 849. The summed E-state index contributed by atoms with van der Waals surface area (Å²) < 4.78 is 6.56. The van der Waals surface area contributed by atoms with Crippen molar-refractivity contribution in [3.63, 3.8) is 0 Å². The van der Waals surface area contributed by atoms with Crippen molar-refractivity contribution in [3.8, 4) is 5.75 Å². The molecule has 3 rings (SSSR count). The molecule has 0 saturated carbocycles. The molecule has 1 aromatic heterocycles. The van der Waals surface area contributed by atoms with E-state index in [0.29, 0.717) is 22.5 Å². The molecule has 0 aliphatic heterocycles. The normalized spacial score (nSPS) is 10.8. The quantitative estimate of drug-likeness (QED) is 0.608. The number of hydrogen-bond acceptors (Lipinski definition) is 5. The Balaban J connectivity index is 1.64. The minimum Gasteiger partial charge on any atom is -0.492 e. The molecule has 0 bridgehead atoms. The number of nitrogens with one attached hydrogen (secondary N) is 1. The van der Waals surface area contributed by atoms with Gasteiger partial charge in [-0.05, 0) is 43.3 Å². The van der Waals surface area contributed by atoms with Gasteiger partial charge in [0.15, 0.2) is 5.13 Å². The van der Waals surface area contributed by atoms with Gasteiger partial charge >= 0.3 is 0 Å². The molecule has 0 fully saturated rings. The van der Waals surface area contributed by atoms with Crippen LogP contribution >= 0.6 is 34.7 Å². The number of hydrogen-bond donors (Lipinski definition) is 1. The number of nitrogens with zero attached hydrogens (tertiary/aromatic N) is 1. The van der Waals surface area contributed by atoms with Crippen LogP contribution in [0.3, 0.4) is 0 Å². The van der Waals surface area contributed by atoms with Gasteiger partial charge in [-0.15, -0.1) is 11.8 Å². The maximum atomic E-state index is 12.1. The van der Waals surface area contributed by atoms with Crippen molar-refractivity contribution >= 4 is 56.0 Å². The topological polar surface area (TPSA) is 51.2 Å². The van der Waals surface area contributed by atoms with E-state index in [-0.39, 0.29) is 5.91 Å². The third-order valence-corrected chi connectivity index (χ3v) is 5.31. The maximum absolute atomic E-state index is 12.1. The van der Waals surface area contributed by atoms with Gasteiger partial charge in [0.2, 0.25) is 5.91 Å². The van der Waals surface area contributed by atoms with E-state index in [1.165, 1.54) is 23.1 Å². The molecule has 7 heteroatoms. The Morgan fingerprint density at radius 2 is 2.08 bits per heavy atom. The number of benzene rings is 2. The number of para-hydroxylation sites is 1. The molecule has 1 N–H and O–H groups in total. The van der Waals surface area contributed by atoms with Crippen molar-refractivity contribution in [1.82, 2.24) is 4.98 Å². The van der Waals surface area contributed by atoms with E-state index < -0.39 is 0 Å². The molecule has 2 aromatic carbocycles. The van der Waals surface area contributed by atoms with E-state index in [4.69, 9.17) is 16.3 Å². The Kier molecular flexibility index (Phi) is 5.60. The number of anilines is 1. The van der Waals surface area contributed by atoms with Gasteiger partial charge in [-0.1, -0.05) is 29.0 Å². The van der Waals surface area contributed by atoms with Crippen LogP contribution < -0.4 is 10.1 Å². The lowest BCUT2D eigenvalue weighted by Gasteiger charge is -2.03. The fraction of sp³-hybridized carbons (Fsp3) is 0.176. The van der Waals surface area contributed by atoms with E-state index in [2.05, 4.69) is 10.3 Å². The number of aromatic nitrogens is 1. The Labute approximate surface area is 153 Å². The van der Waals surface area contributed by atoms with Crippen LogP contribution in [0.15, 0.2) is 47.4 Å². The van der Waals surface area contributed by atoms with Crippen LogP contribution in [0.25, 0.3) is 10.2 Å². The molecule has 24 heavy (non-hydrogen) atoms. The van der Waals surface area contributed by atoms with E-state index in [0.717, 1.165) is 20.9 Å². The van der Waals surface area contributed by atoms with E-state index >= 15 is 0 Å². The Morgan fingerprint density at radius 1 is 1.29 bits per heavy atom. The molecule has 124 valence electrons. The number of carbonyl (C=O) groups excluding carboxylic acids is 1. The molecule has 0 saturated heterocycles. The van der Waals surface area contributed by atoms with Crippen LogP contribution in [0.2, 0.25) is 5.02 Å². The number of rotatable bonds is 6. The summed E-state index contributed by atoms with van der Waals surface area (Å²) in [6.45, 7) is 2.51. The highest BCUT2D eigenvalue weighted by molar-refractivity contribution is 8.00. The van der Waals surface area contributed by atoms with Gasteiger partial charge < -0.3 is 10.1 Å². The first-order valence-electron chi connectivity index (χ1n) is 7.36. The van der Waals surface area contributed by atoms with E-state index in [9.17, 15) is 4.79 Å². The predicted molar refractivity (Wildman–Crippen MR) is 102 cm³/mol. The fourth-order valence-electron chi connectivity index (χ4n) is 2.08. The average Bonchev–Trinajstić information content (AvgIpc) is 2.98. The third kappa shape index (κ3) is 4.20. The monoisotopic (exact) mass is 378 g/mol. The molecule has 0 aliphatic rings. The summed E-state index contributed by atoms with van der Waals surface area (Å²) in [5, 5.41) is 4.11. The first-order chi connectivity index (χ1) is 11.7. The van der Waals surface area contributed by atoms with Crippen molar-refractivity contribution in [2.45, 2.75) is 11.8 Å². The van der Waals surface area contributed by atoms with Gasteiger partial charge in [0.05, 0.1) is 17.1 Å². The lowest BCUT2D eigenvalue weighted by atomic mass is 10.3. The highest BCUT2D eigenvalue weighted by Crippen LogP contribution is 2.32. The van der Waals surface area contributed by atoms with Gasteiger partial charge in [0, 0.05) is 9.92 Å². The molecular weight excluding hydrogens is 364 g/mol. The zero-order valence-electron chi connectivity index (χ0n) is 12.9. The smallest absolute Gasteiger partial charge is 0.236 e. The van der Waals surface area contributed by atoms with Gasteiger partial charge in [0.25, 0.3) is 0 Å². The molecular formula is C17H15ClN2O2S2. The zero-order valence-corrected chi connectivity index (χ0v) is 15.3. The number of halogens is 1. The molecule has 0 radical (unpaired) electrons. The molecule has 0 unspecified atom stereocenters. The van der Waals surface area contributed by atoms with Crippen LogP contribution in [0.5, 0.6) is 5.75 Å². The molecule has 0 atom stereocenters. The van der Waals surface area contributed by atoms with Crippen LogP contribution in [-0.4, -0.2) is 23.3 Å². The second-order valence-electron chi connectivity index (χ2n) is 4.85. The number of amides is 1. The predicted octanol–water partition coefficient (Wildman–Crippen LogP) is 5.08. The van der Waals surface area contributed by atoms with E-state index in [1.807, 2.05) is 49.4 Å². The first kappa shape index (κ1) is 17.1. The van der Waals surface area contributed by atoms with Crippen LogP contribution in [0.1, 0.15) is 6.92 Å². The minimum atomic E-state index is -0.0908. The lowest BCUT2D eigenvalue weighted by molar-refractivity contribution is -0.113. The number of fused-ring (bicyclic) bond motifs is 1. The summed E-state index contributed by atoms with van der Waals surface area (Å²) in [4.78, 5) is 17.6. The van der Waals surface area contributed by atoms with Crippen molar-refractivity contribution < 1.29 is 9.53 Å². The SMILES string of the molecule is CCOc1cccc2sc(NC(=O)CSc3ccc(Cl)cc3)nc12. The molecule has 1 heterocycles. The molecule has 0 spiro atoms. The molecule has 1 amide bonds. The summed E-state index contributed by atoms with van der Waals surface area (Å²) in [6, 6.07) is 13.2.